The minimum Gasteiger partial charge on any atom is -0.394 e. The van der Waals surface area contributed by atoms with Gasteiger partial charge in [0.15, 0.2) is 0 Å². The Kier molecular flexibility index (Phi) is 7.23. The van der Waals surface area contributed by atoms with Crippen LogP contribution in [0.4, 0.5) is 0 Å². The van der Waals surface area contributed by atoms with Crippen LogP contribution in [-0.4, -0.2) is 37.1 Å². The molecule has 0 aliphatic rings. The summed E-state index contributed by atoms with van der Waals surface area (Å²) in [6, 6.07) is 0. The lowest BCUT2D eigenvalue weighted by atomic mass is 10.0. The van der Waals surface area contributed by atoms with Crippen molar-refractivity contribution in [2.45, 2.75) is 39.2 Å². The number of aliphatic hydroxyl groups is 1. The number of rotatable bonds is 8. The van der Waals surface area contributed by atoms with E-state index in [4.69, 9.17) is 14.6 Å². The Bertz CT molecular complexity index is 111. The van der Waals surface area contributed by atoms with Gasteiger partial charge >= 0.3 is 0 Å². The van der Waals surface area contributed by atoms with Crippen molar-refractivity contribution in [3.05, 3.63) is 0 Å². The molecule has 0 amide bonds. The van der Waals surface area contributed by atoms with E-state index in [2.05, 4.69) is 20.8 Å². The minimum atomic E-state index is -0.0113. The van der Waals surface area contributed by atoms with Gasteiger partial charge in [0.1, 0.15) is 0 Å². The Labute approximate surface area is 81.0 Å². The molecule has 0 aromatic rings. The molecule has 0 radical (unpaired) electrons. The summed E-state index contributed by atoms with van der Waals surface area (Å²) in [4.78, 5) is 0. The maximum Gasteiger partial charge on any atom is 0.0707 e. The van der Waals surface area contributed by atoms with Crippen LogP contribution < -0.4 is 0 Å². The first-order valence-corrected chi connectivity index (χ1v) is 5.01. The van der Waals surface area contributed by atoms with Crippen LogP contribution >= 0.6 is 0 Å². The van der Waals surface area contributed by atoms with Crippen molar-refractivity contribution in [3.8, 4) is 0 Å². The first-order chi connectivity index (χ1) is 6.18. The van der Waals surface area contributed by atoms with Crippen molar-refractivity contribution in [1.29, 1.82) is 0 Å². The van der Waals surface area contributed by atoms with Crippen molar-refractivity contribution in [2.75, 3.05) is 26.4 Å². The zero-order valence-electron chi connectivity index (χ0n) is 9.01. The monoisotopic (exact) mass is 190 g/mol. The fourth-order valence-corrected chi connectivity index (χ4v) is 0.968. The lowest BCUT2D eigenvalue weighted by molar-refractivity contribution is -0.0632. The summed E-state index contributed by atoms with van der Waals surface area (Å²) in [6.45, 7) is 8.01. The summed E-state index contributed by atoms with van der Waals surface area (Å²) < 4.78 is 10.8. The molecule has 0 heterocycles. The first-order valence-electron chi connectivity index (χ1n) is 5.01. The normalized spacial score (nSPS) is 12.0. The van der Waals surface area contributed by atoms with Gasteiger partial charge in [-0.15, -0.1) is 0 Å². The van der Waals surface area contributed by atoms with Crippen LogP contribution in [0, 0.1) is 0 Å². The lowest BCUT2D eigenvalue weighted by Gasteiger charge is -2.27. The topological polar surface area (TPSA) is 38.7 Å². The molecule has 0 fully saturated rings. The highest BCUT2D eigenvalue weighted by Crippen LogP contribution is 2.18. The zero-order chi connectivity index (χ0) is 10.2. The molecule has 1 N–H and O–H groups in total. The summed E-state index contributed by atoms with van der Waals surface area (Å²) >= 11 is 0. The fraction of sp³-hybridized carbons (Fsp3) is 1.00. The number of hydrogen-bond acceptors (Lipinski definition) is 3. The molecule has 0 aliphatic carbocycles. The predicted molar refractivity (Wildman–Crippen MR) is 52.8 cm³/mol. The van der Waals surface area contributed by atoms with Crippen molar-refractivity contribution in [2.24, 2.45) is 0 Å². The summed E-state index contributed by atoms with van der Waals surface area (Å²) in [5.41, 5.74) is -0.0113. The zero-order valence-corrected chi connectivity index (χ0v) is 9.01. The standard InChI is InChI=1S/C10H22O3/c1-4-10(3,5-2)13-9-8-12-7-6-11/h11H,4-9H2,1-3H3. The van der Waals surface area contributed by atoms with E-state index in [9.17, 15) is 0 Å². The van der Waals surface area contributed by atoms with Gasteiger partial charge in [-0.1, -0.05) is 13.8 Å². The quantitative estimate of drug-likeness (QED) is 0.591. The summed E-state index contributed by atoms with van der Waals surface area (Å²) in [5, 5.41) is 8.45. The highest BCUT2D eigenvalue weighted by molar-refractivity contribution is 4.70. The van der Waals surface area contributed by atoms with E-state index in [0.29, 0.717) is 19.8 Å². The molecule has 0 bridgehead atoms. The van der Waals surface area contributed by atoms with Gasteiger partial charge in [-0.05, 0) is 19.8 Å². The van der Waals surface area contributed by atoms with Gasteiger partial charge in [0, 0.05) is 0 Å². The Morgan fingerprint density at radius 3 is 2.15 bits per heavy atom. The molecule has 0 atom stereocenters. The van der Waals surface area contributed by atoms with Crippen LogP contribution in [0.2, 0.25) is 0 Å². The van der Waals surface area contributed by atoms with Crippen molar-refractivity contribution < 1.29 is 14.6 Å². The Balaban J connectivity index is 3.39. The Morgan fingerprint density at radius 2 is 1.69 bits per heavy atom. The number of aliphatic hydroxyl groups excluding tert-OH is 1. The third kappa shape index (κ3) is 6.02. The van der Waals surface area contributed by atoms with Crippen LogP contribution in [-0.2, 0) is 9.47 Å². The molecule has 13 heavy (non-hydrogen) atoms. The fourth-order valence-electron chi connectivity index (χ4n) is 0.968. The maximum atomic E-state index is 8.45. The largest absolute Gasteiger partial charge is 0.394 e. The second-order valence-electron chi connectivity index (χ2n) is 3.34. The van der Waals surface area contributed by atoms with E-state index in [-0.39, 0.29) is 12.2 Å². The average Bonchev–Trinajstić information content (AvgIpc) is 2.17. The molecular formula is C10H22O3. The van der Waals surface area contributed by atoms with Gasteiger partial charge in [-0.3, -0.25) is 0 Å². The number of ether oxygens (including phenoxy) is 2. The smallest absolute Gasteiger partial charge is 0.0707 e. The lowest BCUT2D eigenvalue weighted by Crippen LogP contribution is -2.28. The van der Waals surface area contributed by atoms with Crippen LogP contribution in [0.15, 0.2) is 0 Å². The summed E-state index contributed by atoms with van der Waals surface area (Å²) in [6.07, 6.45) is 2.03. The van der Waals surface area contributed by atoms with Gasteiger partial charge in [0.2, 0.25) is 0 Å². The minimum absolute atomic E-state index is 0.0113. The van der Waals surface area contributed by atoms with Crippen LogP contribution in [0.3, 0.4) is 0 Å². The molecule has 0 saturated carbocycles. The molecule has 0 saturated heterocycles. The van der Waals surface area contributed by atoms with Crippen LogP contribution in [0.5, 0.6) is 0 Å². The summed E-state index contributed by atoms with van der Waals surface area (Å²) in [7, 11) is 0. The average molecular weight is 190 g/mol. The third-order valence-corrected chi connectivity index (χ3v) is 2.41. The SMILES string of the molecule is CCC(C)(CC)OCCOCCO. The van der Waals surface area contributed by atoms with E-state index in [0.717, 1.165) is 12.8 Å². The van der Waals surface area contributed by atoms with Crippen LogP contribution in [0.1, 0.15) is 33.6 Å². The first kappa shape index (κ1) is 12.9. The van der Waals surface area contributed by atoms with Gasteiger partial charge < -0.3 is 14.6 Å². The molecular weight excluding hydrogens is 168 g/mol. The molecule has 0 aliphatic heterocycles. The van der Waals surface area contributed by atoms with E-state index in [1.54, 1.807) is 0 Å². The highest BCUT2D eigenvalue weighted by atomic mass is 16.5. The van der Waals surface area contributed by atoms with Crippen molar-refractivity contribution >= 4 is 0 Å². The highest BCUT2D eigenvalue weighted by Gasteiger charge is 2.19. The third-order valence-electron chi connectivity index (χ3n) is 2.41. The van der Waals surface area contributed by atoms with E-state index in [1.807, 2.05) is 0 Å². The van der Waals surface area contributed by atoms with E-state index in [1.165, 1.54) is 0 Å². The van der Waals surface area contributed by atoms with Crippen LogP contribution in [0.25, 0.3) is 0 Å². The molecule has 0 rings (SSSR count). The Hall–Kier alpha value is -0.120. The van der Waals surface area contributed by atoms with E-state index >= 15 is 0 Å². The molecule has 0 unspecified atom stereocenters. The molecule has 0 aromatic heterocycles. The van der Waals surface area contributed by atoms with Gasteiger partial charge in [-0.2, -0.15) is 0 Å². The number of hydrogen-bond donors (Lipinski definition) is 1. The second-order valence-corrected chi connectivity index (χ2v) is 3.34. The summed E-state index contributed by atoms with van der Waals surface area (Å²) in [5.74, 6) is 0. The van der Waals surface area contributed by atoms with Gasteiger partial charge in [0.25, 0.3) is 0 Å². The Morgan fingerprint density at radius 1 is 1.08 bits per heavy atom. The second kappa shape index (κ2) is 7.30. The van der Waals surface area contributed by atoms with Crippen molar-refractivity contribution in [3.63, 3.8) is 0 Å². The van der Waals surface area contributed by atoms with Crippen molar-refractivity contribution in [1.82, 2.24) is 0 Å². The molecule has 3 nitrogen and oxygen atoms in total. The maximum absolute atomic E-state index is 8.45. The molecule has 3 heteroatoms. The van der Waals surface area contributed by atoms with E-state index < -0.39 is 0 Å². The molecule has 0 spiro atoms. The molecule has 80 valence electrons. The van der Waals surface area contributed by atoms with Gasteiger partial charge in [-0.25, -0.2) is 0 Å². The predicted octanol–water partition coefficient (Wildman–Crippen LogP) is 1.59. The molecule has 0 aromatic carbocycles. The van der Waals surface area contributed by atoms with Gasteiger partial charge in [0.05, 0.1) is 32.0 Å².